The molecule has 0 saturated heterocycles. The minimum Gasteiger partial charge on any atom is -0.195 e. The standard InChI is InChI=1S/C40H32BF12/c1-9-29-21(5)13-25(14-22(29)6)41(26-15-23(7)30(10-2)33(17-26)37(42,43)44,27-16-24(8)31(11-3)34(18-27)38(45,46)47)28-19-35(39(48,49)50)32(12-4)36(20-28)40(51,52)53/h9-20H,1-4H2,5-8H3/q-1. The molecule has 0 unspecified atom stereocenters. The highest BCUT2D eigenvalue weighted by Gasteiger charge is 2.45. The van der Waals surface area contributed by atoms with Crippen LogP contribution in [0.2, 0.25) is 0 Å². The molecule has 0 N–H and O–H groups in total. The number of benzene rings is 4. The van der Waals surface area contributed by atoms with Gasteiger partial charge in [-0.2, -0.15) is 74.5 Å². The van der Waals surface area contributed by atoms with Gasteiger partial charge in [0.1, 0.15) is 6.15 Å². The van der Waals surface area contributed by atoms with E-state index in [1.54, 1.807) is 0 Å². The van der Waals surface area contributed by atoms with Gasteiger partial charge in [0.25, 0.3) is 0 Å². The van der Waals surface area contributed by atoms with Crippen LogP contribution in [0.15, 0.2) is 74.8 Å². The number of aryl methyl sites for hydroxylation is 4. The third kappa shape index (κ3) is 7.22. The summed E-state index contributed by atoms with van der Waals surface area (Å²) in [4.78, 5) is 0. The van der Waals surface area contributed by atoms with E-state index in [4.69, 9.17) is 0 Å². The summed E-state index contributed by atoms with van der Waals surface area (Å²) in [6.45, 7) is 19.3. The van der Waals surface area contributed by atoms with Crippen molar-refractivity contribution in [3.8, 4) is 0 Å². The van der Waals surface area contributed by atoms with E-state index < -0.39 is 86.2 Å². The van der Waals surface area contributed by atoms with Gasteiger partial charge in [-0.05, 0) is 72.2 Å². The second kappa shape index (κ2) is 13.8. The molecule has 0 fully saturated rings. The molecule has 4 aromatic rings. The van der Waals surface area contributed by atoms with Crippen LogP contribution in [0.1, 0.15) is 66.8 Å². The normalized spacial score (nSPS) is 12.8. The molecular formula is C40H32BF12-. The van der Waals surface area contributed by atoms with Crippen LogP contribution >= 0.6 is 0 Å². The van der Waals surface area contributed by atoms with Gasteiger partial charge in [0.05, 0.1) is 22.3 Å². The molecule has 0 amide bonds. The second-order valence-corrected chi connectivity index (χ2v) is 12.9. The van der Waals surface area contributed by atoms with Crippen molar-refractivity contribution in [2.45, 2.75) is 52.4 Å². The van der Waals surface area contributed by atoms with Gasteiger partial charge >= 0.3 is 24.7 Å². The molecule has 0 aliphatic carbocycles. The van der Waals surface area contributed by atoms with Crippen LogP contribution in [0, 0.1) is 27.7 Å². The van der Waals surface area contributed by atoms with Crippen molar-refractivity contribution in [2.24, 2.45) is 0 Å². The van der Waals surface area contributed by atoms with E-state index in [0.717, 1.165) is 24.3 Å². The lowest BCUT2D eigenvalue weighted by molar-refractivity contribution is -0.143. The predicted octanol–water partition coefficient (Wildman–Crippen LogP) is 10.9. The SMILES string of the molecule is C=Cc1c(C)cc([B-](c2cc(C)c(C=C)c(C(F)(F)F)c2)(c2cc(C)c(C=C)c(C(F)(F)F)c2)c2cc(C(F)(F)F)c(C=C)c(C(F)(F)F)c2)cc1C. The first-order chi connectivity index (χ1) is 24.3. The molecule has 0 aliphatic rings. The molecule has 0 radical (unpaired) electrons. The van der Waals surface area contributed by atoms with Gasteiger partial charge in [-0.1, -0.05) is 99.2 Å². The van der Waals surface area contributed by atoms with Crippen molar-refractivity contribution >= 4 is 52.3 Å². The Hall–Kier alpha value is -4.94. The van der Waals surface area contributed by atoms with E-state index in [2.05, 4.69) is 26.3 Å². The molecule has 0 aromatic heterocycles. The Morgan fingerprint density at radius 1 is 0.358 bits per heavy atom. The predicted molar refractivity (Wildman–Crippen MR) is 189 cm³/mol. The molecule has 53 heavy (non-hydrogen) atoms. The summed E-state index contributed by atoms with van der Waals surface area (Å²) in [5, 5.41) is 0. The topological polar surface area (TPSA) is 0 Å². The van der Waals surface area contributed by atoms with Crippen molar-refractivity contribution in [2.75, 3.05) is 0 Å². The number of halogens is 12. The highest BCUT2D eigenvalue weighted by atomic mass is 19.4. The molecule has 0 heterocycles. The van der Waals surface area contributed by atoms with Crippen LogP contribution in [-0.4, -0.2) is 6.15 Å². The highest BCUT2D eigenvalue weighted by molar-refractivity contribution is 7.20. The van der Waals surface area contributed by atoms with Gasteiger partial charge < -0.3 is 0 Å². The lowest BCUT2D eigenvalue weighted by Gasteiger charge is -2.46. The second-order valence-electron chi connectivity index (χ2n) is 12.9. The Morgan fingerprint density at radius 3 is 0.811 bits per heavy atom. The molecule has 0 saturated carbocycles. The van der Waals surface area contributed by atoms with Crippen molar-refractivity contribution in [3.05, 3.63) is 142 Å². The number of alkyl halides is 12. The summed E-state index contributed by atoms with van der Waals surface area (Å²) in [5.41, 5.74) is -9.75. The minimum absolute atomic E-state index is 0.141. The first-order valence-corrected chi connectivity index (χ1v) is 15.8. The van der Waals surface area contributed by atoms with Crippen molar-refractivity contribution < 1.29 is 52.7 Å². The summed E-state index contributed by atoms with van der Waals surface area (Å²) in [5.74, 6) is 0. The zero-order valence-electron chi connectivity index (χ0n) is 28.9. The zero-order valence-corrected chi connectivity index (χ0v) is 28.9. The van der Waals surface area contributed by atoms with Gasteiger partial charge in [-0.3, -0.25) is 0 Å². The maximum atomic E-state index is 14.8. The molecule has 0 atom stereocenters. The summed E-state index contributed by atoms with van der Waals surface area (Å²) < 4.78 is 178. The third-order valence-electron chi connectivity index (χ3n) is 9.67. The van der Waals surface area contributed by atoms with E-state index in [-0.39, 0.29) is 16.6 Å². The fourth-order valence-electron chi connectivity index (χ4n) is 7.51. The maximum Gasteiger partial charge on any atom is 0.416 e. The average Bonchev–Trinajstić information content (AvgIpc) is 3.02. The van der Waals surface area contributed by atoms with Crippen molar-refractivity contribution in [1.82, 2.24) is 0 Å². The molecular weight excluding hydrogens is 719 g/mol. The van der Waals surface area contributed by atoms with Gasteiger partial charge in [0.15, 0.2) is 0 Å². The quantitative estimate of drug-likeness (QED) is 0.124. The average molecular weight is 751 g/mol. The lowest BCUT2D eigenvalue weighted by atomic mass is 9.12. The molecule has 4 rings (SSSR count). The van der Waals surface area contributed by atoms with Crippen LogP contribution in [0.4, 0.5) is 52.7 Å². The largest absolute Gasteiger partial charge is 0.416 e. The first-order valence-electron chi connectivity index (χ1n) is 15.8. The van der Waals surface area contributed by atoms with Crippen LogP contribution in [-0.2, 0) is 24.7 Å². The molecule has 0 bridgehead atoms. The zero-order chi connectivity index (χ0) is 40.2. The number of rotatable bonds is 8. The Labute approximate surface area is 298 Å². The minimum atomic E-state index is -5.49. The van der Waals surface area contributed by atoms with Gasteiger partial charge in [-0.15, -0.1) is 0 Å². The third-order valence-corrected chi connectivity index (χ3v) is 9.67. The fourth-order valence-corrected chi connectivity index (χ4v) is 7.51. The van der Waals surface area contributed by atoms with Crippen LogP contribution in [0.5, 0.6) is 0 Å². The van der Waals surface area contributed by atoms with Gasteiger partial charge in [0, 0.05) is 0 Å². The molecule has 280 valence electrons. The first kappa shape index (κ1) is 40.8. The van der Waals surface area contributed by atoms with Crippen LogP contribution < -0.4 is 21.9 Å². The molecule has 4 aromatic carbocycles. The van der Waals surface area contributed by atoms with Crippen molar-refractivity contribution in [1.29, 1.82) is 0 Å². The van der Waals surface area contributed by atoms with Gasteiger partial charge in [0.2, 0.25) is 0 Å². The Morgan fingerprint density at radius 2 is 0.566 bits per heavy atom. The van der Waals surface area contributed by atoms with E-state index in [9.17, 15) is 52.7 Å². The summed E-state index contributed by atoms with van der Waals surface area (Å²) >= 11 is 0. The van der Waals surface area contributed by atoms with Gasteiger partial charge in [-0.25, -0.2) is 0 Å². The molecule has 0 spiro atoms. The summed E-state index contributed by atoms with van der Waals surface area (Å²) in [6.07, 6.45) is -21.5. The van der Waals surface area contributed by atoms with E-state index >= 15 is 0 Å². The lowest BCUT2D eigenvalue weighted by Crippen LogP contribution is -2.75. The molecule has 0 aliphatic heterocycles. The van der Waals surface area contributed by atoms with E-state index in [0.29, 0.717) is 47.0 Å². The molecule has 13 heteroatoms. The Balaban J connectivity index is 2.57. The van der Waals surface area contributed by atoms with Crippen LogP contribution in [0.25, 0.3) is 24.3 Å². The smallest absolute Gasteiger partial charge is 0.195 e. The maximum absolute atomic E-state index is 14.8. The highest BCUT2D eigenvalue weighted by Crippen LogP contribution is 2.41. The number of hydrogen-bond donors (Lipinski definition) is 0. The monoisotopic (exact) mass is 751 g/mol. The fraction of sp³-hybridized carbons (Fsp3) is 0.200. The van der Waals surface area contributed by atoms with E-state index in [1.807, 2.05) is 0 Å². The summed E-state index contributed by atoms with van der Waals surface area (Å²) in [7, 11) is 0. The summed E-state index contributed by atoms with van der Waals surface area (Å²) in [6, 6.07) is 6.75. The van der Waals surface area contributed by atoms with E-state index in [1.165, 1.54) is 45.9 Å². The Kier molecular flexibility index (Phi) is 10.6. The van der Waals surface area contributed by atoms with Crippen molar-refractivity contribution in [3.63, 3.8) is 0 Å². The molecule has 0 nitrogen and oxygen atoms in total. The number of hydrogen-bond acceptors (Lipinski definition) is 0. The Bertz CT molecular complexity index is 2010. The van der Waals surface area contributed by atoms with Crippen LogP contribution in [0.3, 0.4) is 0 Å².